The molecule has 1 aromatic carbocycles. The average Bonchev–Trinajstić information content (AvgIpc) is 2.88. The molecule has 1 aromatic rings. The molecule has 3 aliphatic heterocycles. The first-order valence-electron chi connectivity index (χ1n) is 7.20. The Morgan fingerprint density at radius 1 is 1.26 bits per heavy atom. The molecule has 0 saturated carbocycles. The van der Waals surface area contributed by atoms with Crippen LogP contribution in [0.25, 0.3) is 5.70 Å². The summed E-state index contributed by atoms with van der Waals surface area (Å²) in [6, 6.07) is 5.07. The first-order valence-corrected chi connectivity index (χ1v) is 7.58. The molecule has 4 rings (SSSR count). The Kier molecular flexibility index (Phi) is 3.16. The van der Waals surface area contributed by atoms with Gasteiger partial charge in [0.25, 0.3) is 0 Å². The van der Waals surface area contributed by atoms with Crippen molar-refractivity contribution in [2.75, 3.05) is 25.0 Å². The number of hydrogen-bond acceptors (Lipinski definition) is 4. The third kappa shape index (κ3) is 2.30. The SMILES string of the molecule is FC(F)(F)C1=NC2=C(CCNc3cc(Cl)ccc32)C2=NCCN21. The van der Waals surface area contributed by atoms with Crippen LogP contribution in [0.1, 0.15) is 12.0 Å². The van der Waals surface area contributed by atoms with Crippen molar-refractivity contribution >= 4 is 34.7 Å². The number of alkyl halides is 3. The van der Waals surface area contributed by atoms with Gasteiger partial charge in [-0.2, -0.15) is 13.2 Å². The Morgan fingerprint density at radius 2 is 2.09 bits per heavy atom. The van der Waals surface area contributed by atoms with E-state index in [0.717, 1.165) is 5.57 Å². The fraction of sp³-hybridized carbons (Fsp3) is 0.333. The van der Waals surface area contributed by atoms with Crippen LogP contribution in [0.15, 0.2) is 33.8 Å². The van der Waals surface area contributed by atoms with Gasteiger partial charge in [0.15, 0.2) is 0 Å². The second-order valence-electron chi connectivity index (χ2n) is 5.48. The molecule has 0 fully saturated rings. The van der Waals surface area contributed by atoms with Gasteiger partial charge in [0.05, 0.1) is 12.2 Å². The van der Waals surface area contributed by atoms with Crippen molar-refractivity contribution in [2.24, 2.45) is 9.98 Å². The van der Waals surface area contributed by atoms with E-state index in [0.29, 0.717) is 47.3 Å². The van der Waals surface area contributed by atoms with Gasteiger partial charge in [-0.25, -0.2) is 4.99 Å². The quantitative estimate of drug-likeness (QED) is 0.784. The van der Waals surface area contributed by atoms with Crippen LogP contribution in [0, 0.1) is 0 Å². The van der Waals surface area contributed by atoms with Crippen LogP contribution in [-0.2, 0) is 0 Å². The van der Waals surface area contributed by atoms with Crippen LogP contribution in [0.5, 0.6) is 0 Å². The summed E-state index contributed by atoms with van der Waals surface area (Å²) in [7, 11) is 0. The molecule has 0 aromatic heterocycles. The van der Waals surface area contributed by atoms with Gasteiger partial charge in [0.1, 0.15) is 5.84 Å². The third-order valence-electron chi connectivity index (χ3n) is 4.05. The predicted octanol–water partition coefficient (Wildman–Crippen LogP) is 3.56. The number of benzene rings is 1. The van der Waals surface area contributed by atoms with Crippen LogP contribution in [0.2, 0.25) is 5.02 Å². The molecule has 0 saturated heterocycles. The molecular weight excluding hydrogens is 329 g/mol. The number of anilines is 1. The predicted molar refractivity (Wildman–Crippen MR) is 84.0 cm³/mol. The maximum Gasteiger partial charge on any atom is 0.449 e. The Hall–Kier alpha value is -2.02. The fourth-order valence-electron chi connectivity index (χ4n) is 3.11. The molecule has 0 aliphatic carbocycles. The number of rotatable bonds is 0. The van der Waals surface area contributed by atoms with Crippen molar-refractivity contribution in [3.63, 3.8) is 0 Å². The summed E-state index contributed by atoms with van der Waals surface area (Å²) in [5.41, 5.74) is 2.41. The van der Waals surface area contributed by atoms with Crippen LogP contribution < -0.4 is 5.32 Å². The Labute approximate surface area is 135 Å². The molecule has 120 valence electrons. The highest BCUT2D eigenvalue weighted by molar-refractivity contribution is 6.31. The summed E-state index contributed by atoms with van der Waals surface area (Å²) in [5.74, 6) is -0.498. The van der Waals surface area contributed by atoms with E-state index in [2.05, 4.69) is 15.3 Å². The minimum absolute atomic E-state index is 0.214. The Balaban J connectivity index is 1.95. The van der Waals surface area contributed by atoms with Gasteiger partial charge in [-0.15, -0.1) is 0 Å². The van der Waals surface area contributed by atoms with Gasteiger partial charge in [0.2, 0.25) is 5.84 Å². The van der Waals surface area contributed by atoms with Crippen molar-refractivity contribution < 1.29 is 13.2 Å². The molecule has 0 amide bonds. The summed E-state index contributed by atoms with van der Waals surface area (Å²) in [6.07, 6.45) is -3.96. The highest BCUT2D eigenvalue weighted by Gasteiger charge is 2.46. The zero-order chi connectivity index (χ0) is 16.2. The Morgan fingerprint density at radius 3 is 2.87 bits per heavy atom. The van der Waals surface area contributed by atoms with E-state index >= 15 is 0 Å². The molecule has 23 heavy (non-hydrogen) atoms. The van der Waals surface area contributed by atoms with Crippen molar-refractivity contribution in [3.05, 3.63) is 34.4 Å². The average molecular weight is 341 g/mol. The lowest BCUT2D eigenvalue weighted by Crippen LogP contribution is -2.46. The van der Waals surface area contributed by atoms with E-state index in [1.54, 1.807) is 18.2 Å². The second-order valence-corrected chi connectivity index (χ2v) is 5.92. The lowest BCUT2D eigenvalue weighted by molar-refractivity contribution is -0.0657. The maximum atomic E-state index is 13.4. The molecular formula is C15H12ClF3N4. The molecule has 3 aliphatic rings. The van der Waals surface area contributed by atoms with Crippen LogP contribution in [-0.4, -0.2) is 42.4 Å². The van der Waals surface area contributed by atoms with Gasteiger partial charge in [0, 0.05) is 34.9 Å². The standard InChI is InChI=1S/C15H12ClF3N4/c16-8-1-2-9-11(7-8)20-4-3-10-12(9)22-14(15(17,18)19)23-6-5-21-13(10)23/h1-2,7,20H,3-6H2. The van der Waals surface area contributed by atoms with Crippen LogP contribution in [0.3, 0.4) is 0 Å². The van der Waals surface area contributed by atoms with Gasteiger partial charge < -0.3 is 10.2 Å². The summed E-state index contributed by atoms with van der Waals surface area (Å²) in [4.78, 5) is 9.45. The topological polar surface area (TPSA) is 40.0 Å². The molecule has 3 heterocycles. The molecule has 0 atom stereocenters. The van der Waals surface area contributed by atoms with E-state index in [9.17, 15) is 13.2 Å². The zero-order valence-corrected chi connectivity index (χ0v) is 12.7. The van der Waals surface area contributed by atoms with Crippen molar-refractivity contribution in [2.45, 2.75) is 12.6 Å². The van der Waals surface area contributed by atoms with E-state index in [1.165, 1.54) is 4.90 Å². The second kappa shape index (κ2) is 4.99. The van der Waals surface area contributed by atoms with Crippen molar-refractivity contribution in [1.82, 2.24) is 4.90 Å². The van der Waals surface area contributed by atoms with Crippen LogP contribution >= 0.6 is 11.6 Å². The van der Waals surface area contributed by atoms with Crippen molar-refractivity contribution in [1.29, 1.82) is 0 Å². The monoisotopic (exact) mass is 340 g/mol. The summed E-state index contributed by atoms with van der Waals surface area (Å²) in [5, 5.41) is 3.73. The highest BCUT2D eigenvalue weighted by Crippen LogP contribution is 2.39. The summed E-state index contributed by atoms with van der Waals surface area (Å²) in [6.45, 7) is 1.16. The third-order valence-corrected chi connectivity index (χ3v) is 4.29. The van der Waals surface area contributed by atoms with Gasteiger partial charge in [-0.3, -0.25) is 4.99 Å². The number of nitrogens with zero attached hydrogens (tertiary/aromatic N) is 3. The molecule has 0 unspecified atom stereocenters. The largest absolute Gasteiger partial charge is 0.449 e. The fourth-order valence-corrected chi connectivity index (χ4v) is 3.28. The first kappa shape index (κ1) is 14.6. The van der Waals surface area contributed by atoms with E-state index < -0.39 is 12.0 Å². The number of fused-ring (bicyclic) bond motifs is 4. The van der Waals surface area contributed by atoms with E-state index in [4.69, 9.17) is 11.6 Å². The first-order chi connectivity index (χ1) is 10.9. The number of hydrogen-bond donors (Lipinski definition) is 1. The zero-order valence-electron chi connectivity index (χ0n) is 11.9. The number of amidine groups is 2. The lowest BCUT2D eigenvalue weighted by Gasteiger charge is -2.29. The Bertz CT molecular complexity index is 779. The molecule has 0 bridgehead atoms. The van der Waals surface area contributed by atoms with E-state index in [-0.39, 0.29) is 6.54 Å². The minimum Gasteiger partial charge on any atom is -0.384 e. The van der Waals surface area contributed by atoms with Gasteiger partial charge in [-0.05, 0) is 24.6 Å². The molecule has 1 N–H and O–H groups in total. The summed E-state index contributed by atoms with van der Waals surface area (Å²) < 4.78 is 40.2. The molecule has 8 heteroatoms. The molecule has 4 nitrogen and oxygen atoms in total. The maximum absolute atomic E-state index is 13.4. The normalized spacial score (nSPS) is 20.1. The highest BCUT2D eigenvalue weighted by atomic mass is 35.5. The summed E-state index contributed by atoms with van der Waals surface area (Å²) >= 11 is 5.99. The van der Waals surface area contributed by atoms with Gasteiger partial charge in [-0.1, -0.05) is 11.6 Å². The van der Waals surface area contributed by atoms with Gasteiger partial charge >= 0.3 is 6.18 Å². The van der Waals surface area contributed by atoms with Crippen molar-refractivity contribution in [3.8, 4) is 0 Å². The number of aliphatic imine (C=N–C) groups is 2. The number of nitrogens with one attached hydrogen (secondary N) is 1. The smallest absolute Gasteiger partial charge is 0.384 e. The molecule has 0 radical (unpaired) electrons. The molecule has 0 spiro atoms. The number of halogens is 4. The van der Waals surface area contributed by atoms with Crippen LogP contribution in [0.4, 0.5) is 18.9 Å². The van der Waals surface area contributed by atoms with E-state index in [1.807, 2.05) is 0 Å². The lowest BCUT2D eigenvalue weighted by atomic mass is 10.0. The minimum atomic E-state index is -4.52.